The van der Waals surface area contributed by atoms with E-state index in [0.29, 0.717) is 19.4 Å². The number of carbonyl (C=O) groups excluding carboxylic acids is 3. The lowest BCUT2D eigenvalue weighted by molar-refractivity contribution is -0.148. The molecule has 3 saturated heterocycles. The number of urea groups is 1. The number of nitrogens with one attached hydrogen (secondary N) is 1. The standard InChI is InChI=1S/C21H27N5O7/c27-18(23-8-10-24(11-9-23)21(30)31)14-32-22-19(28)17-7-6-16-12-25(17)20(29)26(16)33-13-15-4-2-1-3-5-15/h1-5,16-17H,6-14H2,(H,22,28)(H,30,31)/t16-,17+/m1/s1. The normalized spacial score (nSPS) is 22.5. The Hall–Kier alpha value is -3.38. The zero-order valence-electron chi connectivity index (χ0n) is 18.1. The van der Waals surface area contributed by atoms with Crippen molar-refractivity contribution < 1.29 is 34.0 Å². The van der Waals surface area contributed by atoms with Gasteiger partial charge in [-0.3, -0.25) is 19.3 Å². The molecule has 1 aromatic carbocycles. The van der Waals surface area contributed by atoms with Crippen LogP contribution in [0, 0.1) is 0 Å². The molecule has 0 spiro atoms. The molecule has 0 aliphatic carbocycles. The molecule has 0 unspecified atom stereocenters. The van der Waals surface area contributed by atoms with Crippen LogP contribution in [0.5, 0.6) is 0 Å². The van der Waals surface area contributed by atoms with Gasteiger partial charge in [0.15, 0.2) is 6.61 Å². The van der Waals surface area contributed by atoms with E-state index in [1.165, 1.54) is 19.8 Å². The number of hydrogen-bond acceptors (Lipinski definition) is 6. The van der Waals surface area contributed by atoms with Gasteiger partial charge < -0.3 is 19.8 Å². The van der Waals surface area contributed by atoms with Gasteiger partial charge in [-0.15, -0.1) is 0 Å². The highest BCUT2D eigenvalue weighted by molar-refractivity contribution is 5.88. The summed E-state index contributed by atoms with van der Waals surface area (Å²) in [5.74, 6) is -0.836. The summed E-state index contributed by atoms with van der Waals surface area (Å²) in [6, 6.07) is 8.34. The lowest BCUT2D eigenvalue weighted by Crippen LogP contribution is -2.52. The second-order valence-electron chi connectivity index (χ2n) is 8.17. The fourth-order valence-electron chi connectivity index (χ4n) is 4.26. The van der Waals surface area contributed by atoms with E-state index < -0.39 is 18.0 Å². The number of carboxylic acid groups (broad SMARTS) is 1. The Bertz CT molecular complexity index is 890. The average molecular weight is 461 g/mol. The van der Waals surface area contributed by atoms with Gasteiger partial charge in [-0.05, 0) is 18.4 Å². The Morgan fingerprint density at radius 2 is 1.73 bits per heavy atom. The Labute approximate surface area is 190 Å². The predicted octanol–water partition coefficient (Wildman–Crippen LogP) is 0.257. The molecule has 33 heavy (non-hydrogen) atoms. The number of piperazine rings is 1. The molecule has 2 atom stereocenters. The van der Waals surface area contributed by atoms with Crippen LogP contribution in [-0.4, -0.2) is 100 Å². The average Bonchev–Trinajstić information content (AvgIpc) is 3.07. The summed E-state index contributed by atoms with van der Waals surface area (Å²) < 4.78 is 0. The van der Waals surface area contributed by atoms with E-state index in [2.05, 4.69) is 5.48 Å². The van der Waals surface area contributed by atoms with Crippen molar-refractivity contribution in [2.75, 3.05) is 39.3 Å². The van der Waals surface area contributed by atoms with Gasteiger partial charge in [0.25, 0.3) is 11.8 Å². The molecule has 0 aromatic heterocycles. The number of nitrogens with zero attached hydrogens (tertiary/aromatic N) is 4. The lowest BCUT2D eigenvalue weighted by atomic mass is 10.0. The van der Waals surface area contributed by atoms with Crippen molar-refractivity contribution in [1.82, 2.24) is 25.2 Å². The molecule has 178 valence electrons. The van der Waals surface area contributed by atoms with Crippen molar-refractivity contribution in [3.63, 3.8) is 0 Å². The summed E-state index contributed by atoms with van der Waals surface area (Å²) in [5, 5.41) is 10.3. The number of amides is 5. The van der Waals surface area contributed by atoms with Crippen LogP contribution in [0.2, 0.25) is 0 Å². The Kier molecular flexibility index (Phi) is 6.94. The Morgan fingerprint density at radius 1 is 1.03 bits per heavy atom. The summed E-state index contributed by atoms with van der Waals surface area (Å²) in [6.45, 7) is 1.29. The third-order valence-electron chi connectivity index (χ3n) is 6.11. The van der Waals surface area contributed by atoms with Crippen LogP contribution in [0.15, 0.2) is 30.3 Å². The molecule has 1 aromatic rings. The van der Waals surface area contributed by atoms with Gasteiger partial charge in [0.05, 0.1) is 6.04 Å². The predicted molar refractivity (Wildman–Crippen MR) is 112 cm³/mol. The Morgan fingerprint density at radius 3 is 2.42 bits per heavy atom. The largest absolute Gasteiger partial charge is 0.465 e. The number of piperidine rings is 1. The molecule has 0 radical (unpaired) electrons. The molecule has 12 heteroatoms. The van der Waals surface area contributed by atoms with E-state index in [9.17, 15) is 19.2 Å². The molecule has 3 aliphatic heterocycles. The minimum Gasteiger partial charge on any atom is -0.465 e. The quantitative estimate of drug-likeness (QED) is 0.557. The fourth-order valence-corrected chi connectivity index (χ4v) is 4.26. The van der Waals surface area contributed by atoms with Crippen LogP contribution in [0.1, 0.15) is 18.4 Å². The first-order valence-electron chi connectivity index (χ1n) is 10.9. The second-order valence-corrected chi connectivity index (χ2v) is 8.17. The highest BCUT2D eigenvalue weighted by Crippen LogP contribution is 2.30. The van der Waals surface area contributed by atoms with Crippen LogP contribution in [0.4, 0.5) is 9.59 Å². The maximum Gasteiger partial charge on any atom is 0.407 e. The van der Waals surface area contributed by atoms with Gasteiger partial charge in [0, 0.05) is 32.7 Å². The monoisotopic (exact) mass is 461 g/mol. The van der Waals surface area contributed by atoms with Crippen LogP contribution in [0.3, 0.4) is 0 Å². The Balaban J connectivity index is 1.21. The summed E-state index contributed by atoms with van der Waals surface area (Å²) >= 11 is 0. The van der Waals surface area contributed by atoms with Crippen molar-refractivity contribution in [3.05, 3.63) is 35.9 Å². The van der Waals surface area contributed by atoms with Gasteiger partial charge in [-0.1, -0.05) is 30.3 Å². The molecule has 3 aliphatic rings. The van der Waals surface area contributed by atoms with Gasteiger partial charge in [-0.2, -0.15) is 5.06 Å². The van der Waals surface area contributed by atoms with E-state index in [4.69, 9.17) is 14.8 Å². The first-order chi connectivity index (χ1) is 15.9. The molecule has 4 rings (SSSR count). The van der Waals surface area contributed by atoms with E-state index in [1.807, 2.05) is 30.3 Å². The van der Waals surface area contributed by atoms with Gasteiger partial charge in [0.2, 0.25) is 0 Å². The van der Waals surface area contributed by atoms with E-state index in [1.54, 1.807) is 0 Å². The highest BCUT2D eigenvalue weighted by atomic mass is 16.7. The summed E-state index contributed by atoms with van der Waals surface area (Å²) in [6.07, 6.45) is 0.0601. The van der Waals surface area contributed by atoms with E-state index in [-0.39, 0.29) is 57.4 Å². The summed E-state index contributed by atoms with van der Waals surface area (Å²) in [5.41, 5.74) is 3.22. The molecule has 2 bridgehead atoms. The molecule has 12 nitrogen and oxygen atoms in total. The minimum absolute atomic E-state index is 0.114. The number of rotatable bonds is 7. The van der Waals surface area contributed by atoms with Crippen molar-refractivity contribution >= 4 is 23.9 Å². The van der Waals surface area contributed by atoms with Crippen LogP contribution < -0.4 is 5.48 Å². The van der Waals surface area contributed by atoms with Gasteiger partial charge >= 0.3 is 12.1 Å². The molecular weight excluding hydrogens is 434 g/mol. The first kappa shape index (κ1) is 22.8. The van der Waals surface area contributed by atoms with Crippen molar-refractivity contribution in [3.8, 4) is 0 Å². The minimum atomic E-state index is -1.01. The molecule has 3 heterocycles. The third-order valence-corrected chi connectivity index (χ3v) is 6.11. The second kappa shape index (κ2) is 10.0. The van der Waals surface area contributed by atoms with E-state index in [0.717, 1.165) is 5.56 Å². The number of hydrogen-bond donors (Lipinski definition) is 2. The number of fused-ring (bicyclic) bond motifs is 2. The number of benzene rings is 1. The smallest absolute Gasteiger partial charge is 0.407 e. The molecular formula is C21H27N5O7. The van der Waals surface area contributed by atoms with Gasteiger partial charge in [0.1, 0.15) is 12.6 Å². The highest BCUT2D eigenvalue weighted by Gasteiger charge is 2.48. The van der Waals surface area contributed by atoms with Crippen LogP contribution in [-0.2, 0) is 25.9 Å². The van der Waals surface area contributed by atoms with Crippen LogP contribution >= 0.6 is 0 Å². The fraction of sp³-hybridized carbons (Fsp3) is 0.524. The van der Waals surface area contributed by atoms with E-state index >= 15 is 0 Å². The van der Waals surface area contributed by atoms with Crippen LogP contribution in [0.25, 0.3) is 0 Å². The number of carbonyl (C=O) groups is 4. The van der Waals surface area contributed by atoms with Gasteiger partial charge in [-0.25, -0.2) is 15.1 Å². The summed E-state index contributed by atoms with van der Waals surface area (Å²) in [7, 11) is 0. The topological polar surface area (TPSA) is 132 Å². The maximum atomic E-state index is 12.8. The molecule has 2 N–H and O–H groups in total. The molecule has 0 saturated carbocycles. The molecule has 3 fully saturated rings. The third kappa shape index (κ3) is 5.17. The zero-order chi connectivity index (χ0) is 23.4. The zero-order valence-corrected chi connectivity index (χ0v) is 18.1. The lowest BCUT2D eigenvalue weighted by Gasteiger charge is -2.33. The summed E-state index contributed by atoms with van der Waals surface area (Å²) in [4.78, 5) is 63.6. The molecule has 5 amide bonds. The number of hydroxylamine groups is 3. The van der Waals surface area contributed by atoms with Crippen molar-refractivity contribution in [2.45, 2.75) is 31.5 Å². The SMILES string of the molecule is O=C(NOCC(=O)N1CCN(C(=O)O)CC1)[C@@H]1CC[C@@H]2CN1C(=O)N2OCc1ccccc1. The van der Waals surface area contributed by atoms with Crippen molar-refractivity contribution in [2.24, 2.45) is 0 Å². The maximum absolute atomic E-state index is 12.8. The van der Waals surface area contributed by atoms with Crippen molar-refractivity contribution in [1.29, 1.82) is 0 Å². The first-order valence-corrected chi connectivity index (χ1v) is 10.9.